The highest BCUT2D eigenvalue weighted by molar-refractivity contribution is 8.03. The number of benzene rings is 2. The number of amides is 2. The van der Waals surface area contributed by atoms with Crippen molar-refractivity contribution in [2.75, 3.05) is 0 Å². The van der Waals surface area contributed by atoms with Crippen molar-refractivity contribution in [3.05, 3.63) is 60.7 Å². The van der Waals surface area contributed by atoms with Gasteiger partial charge < -0.3 is 0 Å². The fourth-order valence-electron chi connectivity index (χ4n) is 2.03. The van der Waals surface area contributed by atoms with Gasteiger partial charge in [-0.1, -0.05) is 36.4 Å². The summed E-state index contributed by atoms with van der Waals surface area (Å²) in [6, 6.07) is 13.0. The summed E-state index contributed by atoms with van der Waals surface area (Å²) >= 11 is 5.15. The molecule has 12 heteroatoms. The molecule has 2 aromatic rings. The summed E-state index contributed by atoms with van der Waals surface area (Å²) in [5.74, 6) is -0.590. The minimum absolute atomic E-state index is 0.266. The zero-order chi connectivity index (χ0) is 20.9. The summed E-state index contributed by atoms with van der Waals surface area (Å²) in [6.07, 6.45) is 0.532. The van der Waals surface area contributed by atoms with Gasteiger partial charge >= 0.3 is 0 Å². The van der Waals surface area contributed by atoms with Crippen molar-refractivity contribution < 1.29 is 30.9 Å². The number of sulfonamides is 2. The quantitative estimate of drug-likeness (QED) is 0.524. The highest BCUT2D eigenvalue weighted by atomic mass is 35.5. The first-order valence-corrected chi connectivity index (χ1v) is 10.9. The van der Waals surface area contributed by atoms with Crippen LogP contribution in [-0.2, 0) is 29.6 Å². The van der Waals surface area contributed by atoms with Gasteiger partial charge in [0, 0.05) is 24.6 Å². The second kappa shape index (κ2) is 8.78. The topological polar surface area (TPSA) is 109 Å². The minimum Gasteiger partial charge on any atom is -0.273 e. The summed E-state index contributed by atoms with van der Waals surface area (Å²) in [4.78, 5) is 19.8. The Morgan fingerprint density at radius 1 is 0.750 bits per heavy atom. The van der Waals surface area contributed by atoms with Crippen LogP contribution in [0, 0.1) is 0 Å². The van der Waals surface area contributed by atoms with Crippen LogP contribution in [0.15, 0.2) is 70.5 Å². The van der Waals surface area contributed by atoms with E-state index >= 15 is 0 Å². The molecule has 8 nitrogen and oxygen atoms in total. The van der Waals surface area contributed by atoms with E-state index in [-0.39, 0.29) is 24.7 Å². The zero-order valence-corrected chi connectivity index (χ0v) is 16.5. The Morgan fingerprint density at radius 2 is 1.07 bits per heavy atom. The molecule has 0 saturated carbocycles. The van der Waals surface area contributed by atoms with Crippen LogP contribution in [0.3, 0.4) is 0 Å². The molecule has 1 aliphatic rings. The van der Waals surface area contributed by atoms with Crippen LogP contribution in [0.5, 0.6) is 0 Å². The molecule has 2 amide bonds. The van der Waals surface area contributed by atoms with Crippen molar-refractivity contribution in [2.45, 2.75) is 22.6 Å². The second-order valence-electron chi connectivity index (χ2n) is 5.36. The van der Waals surface area contributed by atoms with Gasteiger partial charge in [-0.25, -0.2) is 16.8 Å². The summed E-state index contributed by atoms with van der Waals surface area (Å²) in [5, 5.41) is 0. The number of carbonyl (C=O) groups excluding carboxylic acids is 2. The second-order valence-corrected chi connectivity index (χ2v) is 9.41. The molecular formula is C16H14ClFN2O6S2. The van der Waals surface area contributed by atoms with Crippen LogP contribution in [-0.4, -0.2) is 37.0 Å². The Hall–Kier alpha value is -2.34. The Bertz CT molecular complexity index is 977. The van der Waals surface area contributed by atoms with E-state index in [1.165, 1.54) is 36.4 Å². The summed E-state index contributed by atoms with van der Waals surface area (Å²) in [7, 11) is -9.53. The molecule has 1 aliphatic heterocycles. The lowest BCUT2D eigenvalue weighted by molar-refractivity contribution is -0.132. The Balaban J connectivity index is 0.000000292. The number of nitrogens with zero attached hydrogens (tertiary/aromatic N) is 2. The predicted molar refractivity (Wildman–Crippen MR) is 97.1 cm³/mol. The lowest BCUT2D eigenvalue weighted by Gasteiger charge is -2.12. The Kier molecular flexibility index (Phi) is 6.88. The zero-order valence-electron chi connectivity index (χ0n) is 14.1. The molecule has 0 aliphatic carbocycles. The van der Waals surface area contributed by atoms with E-state index in [1.807, 2.05) is 0 Å². The first-order chi connectivity index (χ1) is 13.1. The fourth-order valence-corrected chi connectivity index (χ4v) is 5.08. The van der Waals surface area contributed by atoms with E-state index in [0.717, 1.165) is 24.3 Å². The monoisotopic (exact) mass is 448 g/mol. The third-order valence-corrected chi connectivity index (χ3v) is 7.50. The van der Waals surface area contributed by atoms with Crippen molar-refractivity contribution in [1.29, 1.82) is 0 Å². The van der Waals surface area contributed by atoms with Crippen molar-refractivity contribution in [3.63, 3.8) is 0 Å². The van der Waals surface area contributed by atoms with Gasteiger partial charge in [-0.15, -0.1) is 4.48 Å². The average molecular weight is 449 g/mol. The van der Waals surface area contributed by atoms with E-state index in [0.29, 0.717) is 4.42 Å². The van der Waals surface area contributed by atoms with Crippen LogP contribution in [0.2, 0.25) is 0 Å². The van der Waals surface area contributed by atoms with E-state index in [9.17, 15) is 30.9 Å². The molecule has 3 rings (SSSR count). The predicted octanol–water partition coefficient (Wildman–Crippen LogP) is 2.24. The van der Waals surface area contributed by atoms with Gasteiger partial charge in [0.05, 0.1) is 13.7 Å². The minimum atomic E-state index is -4.77. The molecular weight excluding hydrogens is 435 g/mol. The van der Waals surface area contributed by atoms with Gasteiger partial charge in [0.2, 0.25) is 11.8 Å². The van der Waals surface area contributed by atoms with Gasteiger partial charge in [-0.05, 0) is 24.3 Å². The van der Waals surface area contributed by atoms with Gasteiger partial charge in [-0.3, -0.25) is 9.59 Å². The molecule has 28 heavy (non-hydrogen) atoms. The number of imide groups is 1. The molecule has 1 heterocycles. The Labute approximate surface area is 166 Å². The number of hydrogen-bond acceptors (Lipinski definition) is 6. The van der Waals surface area contributed by atoms with Gasteiger partial charge in [0.25, 0.3) is 20.0 Å². The number of rotatable bonds is 4. The van der Waals surface area contributed by atoms with Crippen LogP contribution in [0.4, 0.5) is 4.48 Å². The molecule has 1 saturated heterocycles. The maximum Gasteiger partial charge on any atom is 0.283 e. The highest BCUT2D eigenvalue weighted by Crippen LogP contribution is 2.24. The third kappa shape index (κ3) is 4.73. The maximum absolute atomic E-state index is 14.0. The molecule has 2 aromatic carbocycles. The number of carbonyl (C=O) groups is 2. The molecule has 0 bridgehead atoms. The lowest BCUT2D eigenvalue weighted by Crippen LogP contribution is -2.29. The Morgan fingerprint density at radius 3 is 1.32 bits per heavy atom. The molecule has 150 valence electrons. The van der Waals surface area contributed by atoms with Crippen LogP contribution in [0.1, 0.15) is 12.8 Å². The third-order valence-electron chi connectivity index (χ3n) is 3.45. The number of halogens is 2. The van der Waals surface area contributed by atoms with Crippen molar-refractivity contribution in [1.82, 2.24) is 8.35 Å². The summed E-state index contributed by atoms with van der Waals surface area (Å²) in [5.41, 5.74) is 0. The van der Waals surface area contributed by atoms with Crippen LogP contribution in [0.25, 0.3) is 0 Å². The normalized spacial score (nSPS) is 14.8. The van der Waals surface area contributed by atoms with Gasteiger partial charge in [0.15, 0.2) is 0 Å². The lowest BCUT2D eigenvalue weighted by atomic mass is 10.4. The average Bonchev–Trinajstić information content (AvgIpc) is 3.00. The SMILES string of the molecule is O=C1CCC(=O)N1Cl.O=S(=O)(c1ccccc1)N(F)S(=O)(=O)c1ccccc1. The fraction of sp³-hybridized carbons (Fsp3) is 0.125. The van der Waals surface area contributed by atoms with Crippen molar-refractivity contribution in [2.24, 2.45) is 0 Å². The van der Waals surface area contributed by atoms with Gasteiger partial charge in [-0.2, -0.15) is 4.42 Å². The molecule has 0 spiro atoms. The maximum atomic E-state index is 14.0. The first kappa shape index (κ1) is 22.0. The van der Waals surface area contributed by atoms with E-state index in [1.54, 1.807) is 0 Å². The molecule has 0 aromatic heterocycles. The summed E-state index contributed by atoms with van der Waals surface area (Å²) in [6.45, 7) is 0. The largest absolute Gasteiger partial charge is 0.283 e. The first-order valence-electron chi connectivity index (χ1n) is 7.66. The standard InChI is InChI=1S/C12H10FNO4S2.C4H4ClNO2/c13-14(19(15,16)11-7-3-1-4-8-11)20(17,18)12-9-5-2-6-10-12;5-6-3(7)1-2-4(6)8/h1-10H;1-2H2. The molecule has 1 fully saturated rings. The van der Waals surface area contributed by atoms with Gasteiger partial charge in [0.1, 0.15) is 0 Å². The molecule has 0 unspecified atom stereocenters. The smallest absolute Gasteiger partial charge is 0.273 e. The van der Waals surface area contributed by atoms with Crippen LogP contribution >= 0.6 is 11.8 Å². The van der Waals surface area contributed by atoms with E-state index in [2.05, 4.69) is 0 Å². The van der Waals surface area contributed by atoms with Crippen molar-refractivity contribution in [3.8, 4) is 0 Å². The highest BCUT2D eigenvalue weighted by Gasteiger charge is 2.37. The molecule has 0 radical (unpaired) electrons. The van der Waals surface area contributed by atoms with E-state index < -0.39 is 33.8 Å². The molecule has 0 N–H and O–H groups in total. The van der Waals surface area contributed by atoms with Crippen LogP contribution < -0.4 is 0 Å². The van der Waals surface area contributed by atoms with E-state index in [4.69, 9.17) is 11.8 Å². The van der Waals surface area contributed by atoms with Crippen molar-refractivity contribution >= 4 is 43.6 Å². The molecule has 0 atom stereocenters. The number of hydrogen-bond donors (Lipinski definition) is 0. The summed E-state index contributed by atoms with van der Waals surface area (Å²) < 4.78 is 61.2.